The topological polar surface area (TPSA) is 218 Å². The third-order valence-corrected chi connectivity index (χ3v) is 6.88. The molecule has 0 radical (unpaired) electrons. The van der Waals surface area contributed by atoms with Crippen LogP contribution >= 0.6 is 0 Å². The molecule has 6 aromatic rings. The third-order valence-electron chi connectivity index (χ3n) is 6.88. The quantitative estimate of drug-likeness (QED) is 0.144. The first-order chi connectivity index (χ1) is 22.6. The molecule has 48 heavy (non-hydrogen) atoms. The van der Waals surface area contributed by atoms with E-state index < -0.39 is 76.5 Å². The number of hydrogen-bond acceptors (Lipinski definition) is 16. The molecule has 0 amide bonds. The summed E-state index contributed by atoms with van der Waals surface area (Å²) < 4.78 is 25.5. The Kier molecular flexibility index (Phi) is 7.56. The first kappa shape index (κ1) is 32.0. The van der Waals surface area contributed by atoms with Crippen LogP contribution in [-0.4, -0.2) is 11.2 Å². The second-order valence-electron chi connectivity index (χ2n) is 12.5. The summed E-state index contributed by atoms with van der Waals surface area (Å²) >= 11 is 0. The summed E-state index contributed by atoms with van der Waals surface area (Å²) in [6.07, 6.45) is 0. The Bertz CT molecular complexity index is 2530. The lowest BCUT2D eigenvalue weighted by Gasteiger charge is -2.18. The molecule has 2 bridgehead atoms. The third kappa shape index (κ3) is 5.31. The second kappa shape index (κ2) is 11.4. The molecule has 0 saturated carbocycles. The van der Waals surface area contributed by atoms with Gasteiger partial charge in [-0.25, -0.2) is 18.7 Å². The maximum Gasteiger partial charge on any atom is 0.392 e. The van der Waals surface area contributed by atoms with Gasteiger partial charge in [0.25, 0.3) is 0 Å². The Hall–Kier alpha value is -6.00. The number of hydrogen-bond donors (Lipinski definition) is 0. The molecule has 0 fully saturated rings. The van der Waals surface area contributed by atoms with Crippen LogP contribution in [0, 0.1) is 0 Å². The monoisotopic (exact) mass is 664 g/mol. The fourth-order valence-electron chi connectivity index (χ4n) is 5.17. The molecule has 5 aromatic carbocycles. The van der Waals surface area contributed by atoms with E-state index in [2.05, 4.69) is 28.1 Å². The molecule has 0 saturated heterocycles. The average Bonchev–Trinajstić information content (AvgIpc) is 3.02. The second-order valence-corrected chi connectivity index (χ2v) is 12.5. The van der Waals surface area contributed by atoms with Gasteiger partial charge in [0.15, 0.2) is 33.2 Å². The standard InChI is InChI=1S/C32H24O16/c1-31(2,3)43-39-15-11-7-9-13-17(15)27(35)21-19(25(13)33)24-22-20(23(21)29(37)41-45-47-48-46-42-30(24)38)26(34)14-10-8-12-16(18(14)28(22)36)40-44-32(4,5)6/h7-12H,1-6H3. The van der Waals surface area contributed by atoms with Gasteiger partial charge in [0.05, 0.1) is 43.1 Å². The number of rotatable bonds is 4. The molecule has 1 aromatic heterocycles. The number of benzene rings is 5. The van der Waals surface area contributed by atoms with E-state index in [1.807, 2.05) is 0 Å². The van der Waals surface area contributed by atoms with Crippen molar-refractivity contribution in [2.45, 2.75) is 52.7 Å². The Balaban J connectivity index is 2.00. The highest BCUT2D eigenvalue weighted by atomic mass is 17.5. The maximum atomic E-state index is 14.4. The molecule has 0 atom stereocenters. The molecular weight excluding hydrogens is 640 g/mol. The minimum Gasteiger partial charge on any atom is -0.336 e. The molecule has 1 heterocycles. The van der Waals surface area contributed by atoms with E-state index in [1.165, 1.54) is 36.4 Å². The van der Waals surface area contributed by atoms with Crippen LogP contribution in [0.3, 0.4) is 0 Å². The molecule has 16 heteroatoms. The summed E-state index contributed by atoms with van der Waals surface area (Å²) in [6, 6.07) is 7.86. The summed E-state index contributed by atoms with van der Waals surface area (Å²) in [5.74, 6) is -0.475. The van der Waals surface area contributed by atoms with Crippen molar-refractivity contribution < 1.29 is 47.6 Å². The largest absolute Gasteiger partial charge is 0.392 e. The lowest BCUT2D eigenvalue weighted by Crippen LogP contribution is -2.25. The van der Waals surface area contributed by atoms with Crippen LogP contribution in [0.25, 0.3) is 53.9 Å². The van der Waals surface area contributed by atoms with Crippen molar-refractivity contribution >= 4 is 53.9 Å². The van der Waals surface area contributed by atoms with Gasteiger partial charge in [-0.2, -0.15) is 9.78 Å². The van der Waals surface area contributed by atoms with E-state index >= 15 is 0 Å². The normalized spacial score (nSPS) is 12.2. The molecular formula is C32H24O16. The molecule has 0 aliphatic carbocycles. The van der Waals surface area contributed by atoms with Gasteiger partial charge >= 0.3 is 11.3 Å². The van der Waals surface area contributed by atoms with E-state index in [9.17, 15) is 28.8 Å². The molecule has 6 rings (SSSR count). The van der Waals surface area contributed by atoms with E-state index in [-0.39, 0.29) is 33.0 Å². The molecule has 0 N–H and O–H groups in total. The van der Waals surface area contributed by atoms with E-state index in [4.69, 9.17) is 19.6 Å². The highest BCUT2D eigenvalue weighted by molar-refractivity contribution is 6.28. The average molecular weight is 665 g/mol. The van der Waals surface area contributed by atoms with E-state index in [0.29, 0.717) is 0 Å². The fraction of sp³-hybridized carbons (Fsp3) is 0.250. The summed E-state index contributed by atoms with van der Waals surface area (Å²) in [6.45, 7) is 9.96. The van der Waals surface area contributed by atoms with Crippen LogP contribution in [0.4, 0.5) is 0 Å². The Morgan fingerprint density at radius 2 is 0.792 bits per heavy atom. The van der Waals surface area contributed by atoms with Crippen LogP contribution < -0.4 is 42.7 Å². The zero-order valence-corrected chi connectivity index (χ0v) is 26.0. The molecule has 0 aliphatic rings. The van der Waals surface area contributed by atoms with E-state index in [0.717, 1.165) is 0 Å². The van der Waals surface area contributed by atoms with Gasteiger partial charge in [0.1, 0.15) is 11.2 Å². The van der Waals surface area contributed by atoms with Gasteiger partial charge < -0.3 is 9.78 Å². The zero-order chi connectivity index (χ0) is 34.7. The van der Waals surface area contributed by atoms with Gasteiger partial charge in [-0.1, -0.05) is 24.3 Å². The minimum absolute atomic E-state index is 0.238. The van der Waals surface area contributed by atoms with Crippen LogP contribution in [0.2, 0.25) is 0 Å². The molecule has 0 spiro atoms. The van der Waals surface area contributed by atoms with Gasteiger partial charge in [-0.15, -0.1) is 0 Å². The van der Waals surface area contributed by atoms with Crippen molar-refractivity contribution in [3.05, 3.63) is 98.1 Å². The van der Waals surface area contributed by atoms with Crippen molar-refractivity contribution in [2.24, 2.45) is 0 Å². The van der Waals surface area contributed by atoms with Crippen LogP contribution in [-0.2, 0) is 9.78 Å². The minimum atomic E-state index is -1.60. The van der Waals surface area contributed by atoms with E-state index in [1.54, 1.807) is 41.5 Å². The smallest absolute Gasteiger partial charge is 0.336 e. The van der Waals surface area contributed by atoms with Gasteiger partial charge in [0, 0.05) is 10.8 Å². The molecule has 248 valence electrons. The van der Waals surface area contributed by atoms with Crippen molar-refractivity contribution in [1.29, 1.82) is 0 Å². The van der Waals surface area contributed by atoms with Crippen molar-refractivity contribution in [3.8, 4) is 11.5 Å². The first-order valence-corrected chi connectivity index (χ1v) is 14.1. The summed E-state index contributed by atoms with van der Waals surface area (Å²) in [7, 11) is 0. The Morgan fingerprint density at radius 1 is 0.438 bits per heavy atom. The predicted molar refractivity (Wildman–Crippen MR) is 166 cm³/mol. The Morgan fingerprint density at radius 3 is 1.15 bits per heavy atom. The fourth-order valence-corrected chi connectivity index (χ4v) is 5.17. The Labute approximate surface area is 264 Å². The number of fused-ring (bicyclic) bond motifs is 5. The first-order valence-electron chi connectivity index (χ1n) is 14.1. The van der Waals surface area contributed by atoms with Crippen molar-refractivity contribution in [2.75, 3.05) is 0 Å². The van der Waals surface area contributed by atoms with Crippen LogP contribution in [0.5, 0.6) is 11.5 Å². The molecule has 16 nitrogen and oxygen atoms in total. The van der Waals surface area contributed by atoms with Crippen LogP contribution in [0.15, 0.2) is 93.3 Å². The highest BCUT2D eigenvalue weighted by Crippen LogP contribution is 2.32. The van der Waals surface area contributed by atoms with Gasteiger partial charge in [-0.3, -0.25) is 19.2 Å². The molecule has 0 aliphatic heterocycles. The lowest BCUT2D eigenvalue weighted by atomic mass is 9.90. The zero-order valence-electron chi connectivity index (χ0n) is 26.0. The SMILES string of the molecule is CC(C)(C)OOc1cccc2c(=O)c3c4c(=O)ooooooc(=O)c(c5c(=O)c6cccc(OOC(C)(C)C)c6c(=O)c45)c3c(=O)c12. The predicted octanol–water partition coefficient (Wildman–Crippen LogP) is 4.51. The summed E-state index contributed by atoms with van der Waals surface area (Å²) in [5.41, 5.74) is -9.23. The van der Waals surface area contributed by atoms with Crippen molar-refractivity contribution in [3.63, 3.8) is 0 Å². The summed E-state index contributed by atoms with van der Waals surface area (Å²) in [5, 5.41) is -6.44. The highest BCUT2D eigenvalue weighted by Gasteiger charge is 2.29. The lowest BCUT2D eigenvalue weighted by molar-refractivity contribution is -0.416. The van der Waals surface area contributed by atoms with Gasteiger partial charge in [0.2, 0.25) is 0 Å². The summed E-state index contributed by atoms with van der Waals surface area (Å²) in [4.78, 5) is 106. The van der Waals surface area contributed by atoms with Crippen molar-refractivity contribution in [1.82, 2.24) is 0 Å². The van der Waals surface area contributed by atoms with Crippen LogP contribution in [0.1, 0.15) is 41.5 Å². The molecule has 0 unspecified atom stereocenters. The van der Waals surface area contributed by atoms with Gasteiger partial charge in [-0.05, 0) is 72.6 Å². The maximum absolute atomic E-state index is 14.4.